The van der Waals surface area contributed by atoms with Gasteiger partial charge in [-0.25, -0.2) is 23.1 Å². The largest absolute Gasteiger partial charge is 0.307 e. The van der Waals surface area contributed by atoms with Crippen LogP contribution in [0.5, 0.6) is 0 Å². The molecule has 2 aromatic heterocycles. The van der Waals surface area contributed by atoms with E-state index in [1.54, 1.807) is 44.4 Å². The second-order valence-corrected chi connectivity index (χ2v) is 11.0. The van der Waals surface area contributed by atoms with E-state index in [0.717, 1.165) is 20.8 Å². The highest BCUT2D eigenvalue weighted by Gasteiger charge is 2.22. The molecule has 4 aromatic rings. The van der Waals surface area contributed by atoms with Gasteiger partial charge in [0.15, 0.2) is 0 Å². The molecular weight excluding hydrogens is 444 g/mol. The van der Waals surface area contributed by atoms with E-state index in [9.17, 15) is 13.2 Å². The van der Waals surface area contributed by atoms with Crippen molar-refractivity contribution in [2.24, 2.45) is 0 Å². The van der Waals surface area contributed by atoms with Gasteiger partial charge in [-0.05, 0) is 69.3 Å². The number of carbonyl (C=O) groups excluding carboxylic acids is 1. The van der Waals surface area contributed by atoms with Crippen LogP contribution >= 0.6 is 11.3 Å². The molecule has 32 heavy (non-hydrogen) atoms. The Morgan fingerprint density at radius 3 is 2.31 bits per heavy atom. The molecule has 0 unspecified atom stereocenters. The average Bonchev–Trinajstić information content (AvgIpc) is 3.17. The number of amides is 1. The molecular formula is C23H22N4O3S2. The SMILES string of the molecule is CC(C)(C)NS(=O)(=O)c1ccc(C(=O)Nc2ccc(-c3nc4ccccc4s3)cn2)cc1. The van der Waals surface area contributed by atoms with Gasteiger partial charge in [-0.15, -0.1) is 11.3 Å². The van der Waals surface area contributed by atoms with Gasteiger partial charge < -0.3 is 5.32 Å². The lowest BCUT2D eigenvalue weighted by Crippen LogP contribution is -2.40. The van der Waals surface area contributed by atoms with Gasteiger partial charge in [-0.1, -0.05) is 12.1 Å². The monoisotopic (exact) mass is 466 g/mol. The number of pyridine rings is 1. The molecule has 2 aromatic carbocycles. The minimum absolute atomic E-state index is 0.0993. The van der Waals surface area contributed by atoms with Gasteiger partial charge in [0, 0.05) is 22.9 Å². The number of para-hydroxylation sites is 1. The van der Waals surface area contributed by atoms with E-state index in [4.69, 9.17) is 0 Å². The smallest absolute Gasteiger partial charge is 0.256 e. The fraction of sp³-hybridized carbons (Fsp3) is 0.174. The third-order valence-electron chi connectivity index (χ3n) is 4.41. The Balaban J connectivity index is 1.46. The highest BCUT2D eigenvalue weighted by atomic mass is 32.2. The lowest BCUT2D eigenvalue weighted by Gasteiger charge is -2.20. The number of thiazole rings is 1. The van der Waals surface area contributed by atoms with Crippen molar-refractivity contribution in [3.05, 3.63) is 72.4 Å². The molecule has 0 radical (unpaired) electrons. The Hall–Kier alpha value is -3.14. The number of nitrogens with zero attached hydrogens (tertiary/aromatic N) is 2. The molecule has 9 heteroatoms. The zero-order valence-electron chi connectivity index (χ0n) is 17.8. The summed E-state index contributed by atoms with van der Waals surface area (Å²) in [6.45, 7) is 5.30. The summed E-state index contributed by atoms with van der Waals surface area (Å²) in [5.41, 5.74) is 1.54. The van der Waals surface area contributed by atoms with Crippen molar-refractivity contribution in [3.63, 3.8) is 0 Å². The first-order valence-corrected chi connectivity index (χ1v) is 12.2. The number of hydrogen-bond donors (Lipinski definition) is 2. The van der Waals surface area contributed by atoms with E-state index in [1.165, 1.54) is 24.3 Å². The summed E-state index contributed by atoms with van der Waals surface area (Å²) in [4.78, 5) is 21.6. The van der Waals surface area contributed by atoms with Crippen molar-refractivity contribution < 1.29 is 13.2 Å². The van der Waals surface area contributed by atoms with Gasteiger partial charge in [0.1, 0.15) is 10.8 Å². The molecule has 0 bridgehead atoms. The fourth-order valence-electron chi connectivity index (χ4n) is 3.03. The summed E-state index contributed by atoms with van der Waals surface area (Å²) < 4.78 is 28.5. The van der Waals surface area contributed by atoms with E-state index in [-0.39, 0.29) is 10.8 Å². The first kappa shape index (κ1) is 22.1. The van der Waals surface area contributed by atoms with Crippen LogP contribution in [0.15, 0.2) is 71.8 Å². The molecule has 7 nitrogen and oxygen atoms in total. The van der Waals surface area contributed by atoms with Crippen molar-refractivity contribution in [2.45, 2.75) is 31.2 Å². The first-order valence-electron chi connectivity index (χ1n) is 9.88. The van der Waals surface area contributed by atoms with Crippen LogP contribution in [-0.4, -0.2) is 29.8 Å². The van der Waals surface area contributed by atoms with E-state index < -0.39 is 15.6 Å². The number of fused-ring (bicyclic) bond motifs is 1. The van der Waals surface area contributed by atoms with Crippen molar-refractivity contribution in [1.82, 2.24) is 14.7 Å². The molecule has 0 saturated heterocycles. The maximum atomic E-state index is 12.5. The third-order valence-corrected chi connectivity index (χ3v) is 7.27. The molecule has 0 atom stereocenters. The first-order chi connectivity index (χ1) is 15.1. The summed E-state index contributed by atoms with van der Waals surface area (Å²) in [6, 6.07) is 17.3. The Labute approximate surface area is 190 Å². The van der Waals surface area contributed by atoms with E-state index >= 15 is 0 Å². The van der Waals surface area contributed by atoms with E-state index in [0.29, 0.717) is 11.4 Å². The zero-order valence-corrected chi connectivity index (χ0v) is 19.4. The van der Waals surface area contributed by atoms with Crippen LogP contribution in [0, 0.1) is 0 Å². The molecule has 0 fully saturated rings. The van der Waals surface area contributed by atoms with Crippen molar-refractivity contribution >= 4 is 43.3 Å². The van der Waals surface area contributed by atoms with Crippen LogP contribution < -0.4 is 10.0 Å². The standard InChI is InChI=1S/C23H22N4O3S2/c1-23(2,3)27-32(29,30)17-11-8-15(9-12-17)21(28)26-20-13-10-16(14-24-20)22-25-18-6-4-5-7-19(18)31-22/h4-14,27H,1-3H3,(H,24,26,28). The average molecular weight is 467 g/mol. The molecule has 0 spiro atoms. The number of aromatic nitrogens is 2. The Morgan fingerprint density at radius 2 is 1.69 bits per heavy atom. The highest BCUT2D eigenvalue weighted by Crippen LogP contribution is 2.29. The number of sulfonamides is 1. The molecule has 4 rings (SSSR count). The van der Waals surface area contributed by atoms with Gasteiger partial charge in [0.05, 0.1) is 15.1 Å². The van der Waals surface area contributed by atoms with Crippen molar-refractivity contribution in [1.29, 1.82) is 0 Å². The predicted molar refractivity (Wildman–Crippen MR) is 127 cm³/mol. The Morgan fingerprint density at radius 1 is 0.969 bits per heavy atom. The number of anilines is 1. The molecule has 0 saturated carbocycles. The summed E-state index contributed by atoms with van der Waals surface area (Å²) in [7, 11) is -3.66. The molecule has 0 aliphatic carbocycles. The molecule has 2 N–H and O–H groups in total. The lowest BCUT2D eigenvalue weighted by atomic mass is 10.1. The fourth-order valence-corrected chi connectivity index (χ4v) is 5.40. The minimum Gasteiger partial charge on any atom is -0.307 e. The highest BCUT2D eigenvalue weighted by molar-refractivity contribution is 7.89. The maximum Gasteiger partial charge on any atom is 0.256 e. The Kier molecular flexibility index (Phi) is 5.81. The van der Waals surface area contributed by atoms with Crippen LogP contribution in [0.4, 0.5) is 5.82 Å². The van der Waals surface area contributed by atoms with Gasteiger partial charge in [0.25, 0.3) is 5.91 Å². The van der Waals surface area contributed by atoms with Crippen LogP contribution in [0.25, 0.3) is 20.8 Å². The van der Waals surface area contributed by atoms with Gasteiger partial charge in [-0.3, -0.25) is 4.79 Å². The summed E-state index contributed by atoms with van der Waals surface area (Å²) in [6.07, 6.45) is 1.67. The molecule has 2 heterocycles. The van der Waals surface area contributed by atoms with Crippen molar-refractivity contribution in [3.8, 4) is 10.6 Å². The summed E-state index contributed by atoms with van der Waals surface area (Å²) in [5, 5.41) is 3.59. The lowest BCUT2D eigenvalue weighted by molar-refractivity contribution is 0.102. The number of carbonyl (C=O) groups is 1. The van der Waals surface area contributed by atoms with E-state index in [2.05, 4.69) is 20.0 Å². The van der Waals surface area contributed by atoms with Gasteiger partial charge in [-0.2, -0.15) is 0 Å². The topological polar surface area (TPSA) is 101 Å². The van der Waals surface area contributed by atoms with Crippen LogP contribution in [-0.2, 0) is 10.0 Å². The molecule has 0 aliphatic rings. The quantitative estimate of drug-likeness (QED) is 0.444. The minimum atomic E-state index is -3.66. The van der Waals surface area contributed by atoms with Gasteiger partial charge in [0.2, 0.25) is 10.0 Å². The molecule has 0 aliphatic heterocycles. The summed E-state index contributed by atoms with van der Waals surface area (Å²) in [5.74, 6) is 0.0175. The normalized spacial score (nSPS) is 12.1. The summed E-state index contributed by atoms with van der Waals surface area (Å²) >= 11 is 1.58. The van der Waals surface area contributed by atoms with E-state index in [1.807, 2.05) is 30.3 Å². The predicted octanol–water partition coefficient (Wildman–Crippen LogP) is 4.69. The molecule has 164 valence electrons. The van der Waals surface area contributed by atoms with Crippen LogP contribution in [0.3, 0.4) is 0 Å². The Bertz CT molecular complexity index is 1340. The molecule has 1 amide bonds. The maximum absolute atomic E-state index is 12.5. The van der Waals surface area contributed by atoms with Crippen LogP contribution in [0.2, 0.25) is 0 Å². The van der Waals surface area contributed by atoms with Crippen molar-refractivity contribution in [2.75, 3.05) is 5.32 Å². The number of hydrogen-bond acceptors (Lipinski definition) is 6. The second-order valence-electron chi connectivity index (χ2n) is 8.25. The second kappa shape index (κ2) is 8.42. The van der Waals surface area contributed by atoms with Crippen LogP contribution in [0.1, 0.15) is 31.1 Å². The zero-order chi connectivity index (χ0) is 22.9. The number of benzene rings is 2. The third kappa shape index (κ3) is 5.01. The van der Waals surface area contributed by atoms with Gasteiger partial charge >= 0.3 is 0 Å². The number of nitrogens with one attached hydrogen (secondary N) is 2. The number of rotatable bonds is 5.